The van der Waals surface area contributed by atoms with E-state index < -0.39 is 0 Å². The van der Waals surface area contributed by atoms with E-state index in [-0.39, 0.29) is 6.10 Å². The molecular weight excluding hydrogens is 281 g/mol. The van der Waals surface area contributed by atoms with E-state index >= 15 is 0 Å². The molecule has 3 nitrogen and oxygen atoms in total. The van der Waals surface area contributed by atoms with Crippen LogP contribution in [0.1, 0.15) is 6.42 Å². The lowest BCUT2D eigenvalue weighted by atomic mass is 10.3. The fourth-order valence-corrected chi connectivity index (χ4v) is 1.86. The van der Waals surface area contributed by atoms with Crippen LogP contribution in [0.3, 0.4) is 0 Å². The molecule has 1 atom stereocenters. The van der Waals surface area contributed by atoms with Crippen LogP contribution in [0, 0.1) is 0 Å². The largest absolute Gasteiger partial charge is 0.488 e. The van der Waals surface area contributed by atoms with E-state index in [0.29, 0.717) is 17.4 Å². The Morgan fingerprint density at radius 1 is 1.53 bits per heavy atom. The van der Waals surface area contributed by atoms with Crippen molar-refractivity contribution in [2.24, 2.45) is 5.16 Å². The Morgan fingerprint density at radius 2 is 2.33 bits per heavy atom. The molecule has 1 aromatic rings. The molecule has 80 valence electrons. The van der Waals surface area contributed by atoms with Crippen LogP contribution in [0.25, 0.3) is 0 Å². The normalized spacial score (nSPS) is 19.6. The Balaban J connectivity index is 1.86. The van der Waals surface area contributed by atoms with Gasteiger partial charge in [0.1, 0.15) is 17.0 Å². The van der Waals surface area contributed by atoms with Gasteiger partial charge in [0.15, 0.2) is 6.10 Å². The molecule has 0 bridgehead atoms. The minimum Gasteiger partial charge on any atom is -0.488 e. The standard InChI is InChI=1S/C10H9BrClNO2/c11-10-5-7(15-13-10)6-14-9-4-2-1-3-8(9)12/h1-4,7H,5-6H2/t7-/m1/s1. The monoisotopic (exact) mass is 289 g/mol. The Bertz CT molecular complexity index is 383. The average Bonchev–Trinajstić information content (AvgIpc) is 2.63. The van der Waals surface area contributed by atoms with E-state index in [1.807, 2.05) is 18.2 Å². The summed E-state index contributed by atoms with van der Waals surface area (Å²) < 4.78 is 6.33. The van der Waals surface area contributed by atoms with Gasteiger partial charge in [-0.1, -0.05) is 28.9 Å². The number of oxime groups is 1. The highest BCUT2D eigenvalue weighted by Crippen LogP contribution is 2.24. The zero-order valence-electron chi connectivity index (χ0n) is 7.82. The molecular formula is C10H9BrClNO2. The van der Waals surface area contributed by atoms with Crippen molar-refractivity contribution in [3.05, 3.63) is 29.3 Å². The highest BCUT2D eigenvalue weighted by Gasteiger charge is 2.20. The van der Waals surface area contributed by atoms with E-state index in [2.05, 4.69) is 21.1 Å². The van der Waals surface area contributed by atoms with Gasteiger partial charge in [0.2, 0.25) is 0 Å². The summed E-state index contributed by atoms with van der Waals surface area (Å²) in [7, 11) is 0. The SMILES string of the molecule is Clc1ccccc1OC[C@H]1CC(Br)=NO1. The van der Waals surface area contributed by atoms with Crippen LogP contribution in [0.4, 0.5) is 0 Å². The van der Waals surface area contributed by atoms with Crippen LogP contribution >= 0.6 is 27.5 Å². The molecule has 1 heterocycles. The van der Waals surface area contributed by atoms with Crippen molar-refractivity contribution in [1.29, 1.82) is 0 Å². The molecule has 1 aromatic carbocycles. The first-order valence-corrected chi connectivity index (χ1v) is 5.68. The van der Waals surface area contributed by atoms with Gasteiger partial charge >= 0.3 is 0 Å². The van der Waals surface area contributed by atoms with Crippen molar-refractivity contribution >= 4 is 32.2 Å². The van der Waals surface area contributed by atoms with E-state index in [0.717, 1.165) is 11.0 Å². The lowest BCUT2D eigenvalue weighted by Crippen LogP contribution is -2.17. The second-order valence-corrected chi connectivity index (χ2v) is 4.46. The van der Waals surface area contributed by atoms with Gasteiger partial charge in [-0.05, 0) is 28.1 Å². The number of ether oxygens (including phenoxy) is 1. The summed E-state index contributed by atoms with van der Waals surface area (Å²) in [5.74, 6) is 0.672. The molecule has 0 spiro atoms. The van der Waals surface area contributed by atoms with Gasteiger partial charge in [0, 0.05) is 6.42 Å². The predicted molar refractivity (Wildman–Crippen MR) is 62.8 cm³/mol. The molecule has 0 aromatic heterocycles. The number of hydrogen-bond acceptors (Lipinski definition) is 3. The average molecular weight is 291 g/mol. The molecule has 0 fully saturated rings. The molecule has 2 rings (SSSR count). The number of para-hydroxylation sites is 1. The van der Waals surface area contributed by atoms with Crippen molar-refractivity contribution < 1.29 is 9.57 Å². The van der Waals surface area contributed by atoms with Crippen LogP contribution in [-0.2, 0) is 4.84 Å². The molecule has 1 aliphatic heterocycles. The summed E-state index contributed by atoms with van der Waals surface area (Å²) in [5.41, 5.74) is 0. The molecule has 0 N–H and O–H groups in total. The predicted octanol–water partition coefficient (Wildman–Crippen LogP) is 3.22. The molecule has 15 heavy (non-hydrogen) atoms. The van der Waals surface area contributed by atoms with Crippen LogP contribution in [0.15, 0.2) is 29.4 Å². The van der Waals surface area contributed by atoms with Gasteiger partial charge in [-0.2, -0.15) is 0 Å². The Labute approximate surface area is 101 Å². The highest BCUT2D eigenvalue weighted by molar-refractivity contribution is 9.18. The van der Waals surface area contributed by atoms with Gasteiger partial charge in [-0.15, -0.1) is 0 Å². The third-order valence-electron chi connectivity index (χ3n) is 1.96. The van der Waals surface area contributed by atoms with Crippen LogP contribution in [0.5, 0.6) is 5.75 Å². The summed E-state index contributed by atoms with van der Waals surface area (Å²) in [6, 6.07) is 7.36. The topological polar surface area (TPSA) is 30.8 Å². The zero-order valence-corrected chi connectivity index (χ0v) is 10.2. The molecule has 0 aliphatic carbocycles. The first kappa shape index (κ1) is 10.8. The molecule has 0 unspecified atom stereocenters. The minimum absolute atomic E-state index is 0.0318. The number of hydrogen-bond donors (Lipinski definition) is 0. The first-order chi connectivity index (χ1) is 7.25. The summed E-state index contributed by atoms with van der Waals surface area (Å²) >= 11 is 9.20. The van der Waals surface area contributed by atoms with E-state index in [9.17, 15) is 0 Å². The van der Waals surface area contributed by atoms with Crippen molar-refractivity contribution in [2.75, 3.05) is 6.61 Å². The fourth-order valence-electron chi connectivity index (χ4n) is 1.23. The molecule has 0 amide bonds. The van der Waals surface area contributed by atoms with Crippen LogP contribution in [0.2, 0.25) is 5.02 Å². The summed E-state index contributed by atoms with van der Waals surface area (Å²) in [5, 5.41) is 4.38. The maximum absolute atomic E-state index is 5.93. The summed E-state index contributed by atoms with van der Waals surface area (Å²) in [6.07, 6.45) is 0.709. The Kier molecular flexibility index (Phi) is 3.49. The maximum Gasteiger partial charge on any atom is 0.167 e. The van der Waals surface area contributed by atoms with Crippen molar-refractivity contribution in [3.8, 4) is 5.75 Å². The van der Waals surface area contributed by atoms with Crippen LogP contribution in [-0.4, -0.2) is 17.3 Å². The number of benzene rings is 1. The van der Waals surface area contributed by atoms with Gasteiger partial charge < -0.3 is 9.57 Å². The summed E-state index contributed by atoms with van der Waals surface area (Å²) in [6.45, 7) is 0.447. The Morgan fingerprint density at radius 3 is 3.00 bits per heavy atom. The molecule has 1 aliphatic rings. The minimum atomic E-state index is -0.0318. The number of halogens is 2. The quantitative estimate of drug-likeness (QED) is 0.856. The van der Waals surface area contributed by atoms with Gasteiger partial charge in [0.25, 0.3) is 0 Å². The third kappa shape index (κ3) is 2.86. The lowest BCUT2D eigenvalue weighted by molar-refractivity contribution is 0.0471. The second-order valence-electron chi connectivity index (χ2n) is 3.14. The fraction of sp³-hybridized carbons (Fsp3) is 0.300. The molecule has 0 radical (unpaired) electrons. The van der Waals surface area contributed by atoms with Crippen LogP contribution < -0.4 is 4.74 Å². The molecule has 5 heteroatoms. The first-order valence-electron chi connectivity index (χ1n) is 4.51. The third-order valence-corrected chi connectivity index (χ3v) is 2.74. The maximum atomic E-state index is 5.93. The summed E-state index contributed by atoms with van der Waals surface area (Å²) in [4.78, 5) is 5.10. The van der Waals surface area contributed by atoms with Gasteiger partial charge in [-0.25, -0.2) is 0 Å². The molecule has 0 saturated carbocycles. The van der Waals surface area contributed by atoms with E-state index in [4.69, 9.17) is 21.2 Å². The van der Waals surface area contributed by atoms with Crippen molar-refractivity contribution in [1.82, 2.24) is 0 Å². The van der Waals surface area contributed by atoms with Gasteiger partial charge in [0.05, 0.1) is 5.02 Å². The Hall–Kier alpha value is -0.740. The van der Waals surface area contributed by atoms with Crippen molar-refractivity contribution in [3.63, 3.8) is 0 Å². The van der Waals surface area contributed by atoms with E-state index in [1.165, 1.54) is 0 Å². The number of nitrogens with zero attached hydrogens (tertiary/aromatic N) is 1. The molecule has 0 saturated heterocycles. The lowest BCUT2D eigenvalue weighted by Gasteiger charge is -2.11. The zero-order chi connectivity index (χ0) is 10.7. The van der Waals surface area contributed by atoms with Crippen molar-refractivity contribution in [2.45, 2.75) is 12.5 Å². The number of rotatable bonds is 3. The second kappa shape index (κ2) is 4.86. The smallest absolute Gasteiger partial charge is 0.167 e. The van der Waals surface area contributed by atoms with Gasteiger partial charge in [-0.3, -0.25) is 0 Å². The van der Waals surface area contributed by atoms with E-state index in [1.54, 1.807) is 6.07 Å². The highest BCUT2D eigenvalue weighted by atomic mass is 79.9.